The number of nitrogens with zero attached hydrogens (tertiary/aromatic N) is 3. The molecule has 0 radical (unpaired) electrons. The fourth-order valence-corrected chi connectivity index (χ4v) is 5.15. The molecule has 4 nitrogen and oxygen atoms in total. The molecule has 3 aromatic rings. The number of likely N-dealkylation sites (tertiary alicyclic amines) is 2. The van der Waals surface area contributed by atoms with Gasteiger partial charge in [0.25, 0.3) is 0 Å². The highest BCUT2D eigenvalue weighted by Crippen LogP contribution is 2.39. The van der Waals surface area contributed by atoms with Gasteiger partial charge in [-0.3, -0.25) is 14.7 Å². The van der Waals surface area contributed by atoms with Crippen LogP contribution in [0.5, 0.6) is 0 Å². The summed E-state index contributed by atoms with van der Waals surface area (Å²) in [4.78, 5) is 22.6. The summed E-state index contributed by atoms with van der Waals surface area (Å²) in [5.74, 6) is 0.326. The Morgan fingerprint density at radius 1 is 0.862 bits per heavy atom. The minimum absolute atomic E-state index is 0.322. The molecule has 3 heterocycles. The Morgan fingerprint density at radius 2 is 1.69 bits per heavy atom. The number of hydrogen-bond acceptors (Lipinski definition) is 3. The van der Waals surface area contributed by atoms with Crippen molar-refractivity contribution in [2.45, 2.75) is 44.3 Å². The molecule has 1 atom stereocenters. The zero-order valence-corrected chi connectivity index (χ0v) is 16.8. The Balaban J connectivity index is 1.38. The first-order chi connectivity index (χ1) is 14.2. The molecular weight excluding hydrogens is 358 g/mol. The summed E-state index contributed by atoms with van der Waals surface area (Å²) in [5, 5.41) is 1.17. The van der Waals surface area contributed by atoms with Crippen LogP contribution in [-0.2, 0) is 17.9 Å². The van der Waals surface area contributed by atoms with E-state index in [1.165, 1.54) is 16.5 Å². The Labute approximate surface area is 172 Å². The Bertz CT molecular complexity index is 1020. The van der Waals surface area contributed by atoms with Crippen molar-refractivity contribution >= 4 is 16.8 Å². The van der Waals surface area contributed by atoms with Crippen molar-refractivity contribution < 1.29 is 4.79 Å². The molecule has 4 heteroatoms. The van der Waals surface area contributed by atoms with Gasteiger partial charge in [-0.1, -0.05) is 42.5 Å². The first-order valence-electron chi connectivity index (χ1n) is 10.7. The van der Waals surface area contributed by atoms with Gasteiger partial charge in [-0.05, 0) is 61.6 Å². The third-order valence-electron chi connectivity index (χ3n) is 6.58. The van der Waals surface area contributed by atoms with E-state index >= 15 is 0 Å². The molecule has 0 N–H and O–H groups in total. The summed E-state index contributed by atoms with van der Waals surface area (Å²) in [6, 6.07) is 20.9. The van der Waals surface area contributed by atoms with Gasteiger partial charge < -0.3 is 4.90 Å². The van der Waals surface area contributed by atoms with Crippen LogP contribution in [0.1, 0.15) is 36.8 Å². The van der Waals surface area contributed by atoms with Crippen LogP contribution in [0.25, 0.3) is 10.9 Å². The molecule has 1 aromatic heterocycles. The van der Waals surface area contributed by atoms with E-state index in [4.69, 9.17) is 0 Å². The summed E-state index contributed by atoms with van der Waals surface area (Å²) in [7, 11) is 0. The van der Waals surface area contributed by atoms with Crippen LogP contribution in [0.15, 0.2) is 66.9 Å². The maximum atomic E-state index is 13.6. The molecule has 0 saturated carbocycles. The van der Waals surface area contributed by atoms with Crippen molar-refractivity contribution in [3.05, 3.63) is 78.0 Å². The van der Waals surface area contributed by atoms with E-state index in [0.29, 0.717) is 5.91 Å². The second-order valence-corrected chi connectivity index (χ2v) is 8.40. The van der Waals surface area contributed by atoms with Gasteiger partial charge in [0.05, 0.1) is 5.52 Å². The highest BCUT2D eigenvalue weighted by atomic mass is 16.2. The van der Waals surface area contributed by atoms with Gasteiger partial charge in [0.15, 0.2) is 0 Å². The highest BCUT2D eigenvalue weighted by molar-refractivity contribution is 5.87. The molecule has 2 aliphatic rings. The van der Waals surface area contributed by atoms with Gasteiger partial charge in [0.1, 0.15) is 5.54 Å². The van der Waals surface area contributed by atoms with Crippen molar-refractivity contribution in [2.75, 3.05) is 13.1 Å². The summed E-state index contributed by atoms with van der Waals surface area (Å²) in [6.07, 6.45) is 5.97. The maximum Gasteiger partial charge on any atom is 0.243 e. The lowest BCUT2D eigenvalue weighted by molar-refractivity contribution is -0.148. The number of pyridine rings is 1. The number of amides is 1. The smallest absolute Gasteiger partial charge is 0.243 e. The zero-order chi connectivity index (χ0) is 19.7. The van der Waals surface area contributed by atoms with Gasteiger partial charge in [0, 0.05) is 31.2 Å². The van der Waals surface area contributed by atoms with E-state index in [1.54, 1.807) is 0 Å². The highest BCUT2D eigenvalue weighted by Gasteiger charge is 2.50. The number of piperidine rings is 1. The fraction of sp³-hybridized carbons (Fsp3) is 0.360. The number of aromatic nitrogens is 1. The van der Waals surface area contributed by atoms with Crippen LogP contribution in [0.3, 0.4) is 0 Å². The van der Waals surface area contributed by atoms with Crippen molar-refractivity contribution in [1.29, 1.82) is 0 Å². The lowest BCUT2D eigenvalue weighted by atomic mass is 9.85. The van der Waals surface area contributed by atoms with E-state index in [0.717, 1.165) is 57.4 Å². The second kappa shape index (κ2) is 7.60. The molecular formula is C25H27N3O. The third kappa shape index (κ3) is 3.42. The minimum atomic E-state index is -0.322. The summed E-state index contributed by atoms with van der Waals surface area (Å²) >= 11 is 0. The van der Waals surface area contributed by atoms with Crippen molar-refractivity contribution in [1.82, 2.24) is 14.8 Å². The topological polar surface area (TPSA) is 36.4 Å². The van der Waals surface area contributed by atoms with E-state index in [2.05, 4.69) is 63.3 Å². The molecule has 1 unspecified atom stereocenters. The molecule has 1 amide bonds. The fourth-order valence-electron chi connectivity index (χ4n) is 5.15. The standard InChI is InChI=1S/C25H27N3O/c29-24-25(12-5-15-27(24)18-20-7-2-1-3-8-20)13-6-16-28(25)19-21-10-11-23-22(17-21)9-4-14-26-23/h1-4,7-11,14,17H,5-6,12-13,15-16,18-19H2. The molecule has 2 saturated heterocycles. The van der Waals surface area contributed by atoms with Gasteiger partial charge in [-0.2, -0.15) is 0 Å². The summed E-state index contributed by atoms with van der Waals surface area (Å²) < 4.78 is 0. The SMILES string of the molecule is O=C1N(Cc2ccccc2)CCCC12CCCN2Cc1ccc2ncccc2c1. The van der Waals surface area contributed by atoms with Crippen LogP contribution in [0, 0.1) is 0 Å². The molecule has 2 aromatic carbocycles. The van der Waals surface area contributed by atoms with Gasteiger partial charge in [-0.15, -0.1) is 0 Å². The van der Waals surface area contributed by atoms with Gasteiger partial charge in [0.2, 0.25) is 5.91 Å². The van der Waals surface area contributed by atoms with Gasteiger partial charge >= 0.3 is 0 Å². The first kappa shape index (κ1) is 18.3. The zero-order valence-electron chi connectivity index (χ0n) is 16.8. The summed E-state index contributed by atoms with van der Waals surface area (Å²) in [5.41, 5.74) is 3.18. The second-order valence-electron chi connectivity index (χ2n) is 8.40. The number of rotatable bonds is 4. The van der Waals surface area contributed by atoms with E-state index in [9.17, 15) is 4.79 Å². The monoisotopic (exact) mass is 385 g/mol. The lowest BCUT2D eigenvalue weighted by Gasteiger charge is -2.44. The molecule has 0 bridgehead atoms. The predicted molar refractivity (Wildman–Crippen MR) is 115 cm³/mol. The number of fused-ring (bicyclic) bond motifs is 1. The third-order valence-corrected chi connectivity index (χ3v) is 6.58. The van der Waals surface area contributed by atoms with E-state index in [-0.39, 0.29) is 5.54 Å². The van der Waals surface area contributed by atoms with Crippen LogP contribution in [0.4, 0.5) is 0 Å². The van der Waals surface area contributed by atoms with Crippen LogP contribution < -0.4 is 0 Å². The largest absolute Gasteiger partial charge is 0.337 e. The Kier molecular flexibility index (Phi) is 4.80. The van der Waals surface area contributed by atoms with Crippen molar-refractivity contribution in [3.63, 3.8) is 0 Å². The number of benzene rings is 2. The normalized spacial score (nSPS) is 22.6. The Morgan fingerprint density at radius 3 is 2.55 bits per heavy atom. The van der Waals surface area contributed by atoms with Crippen LogP contribution in [-0.4, -0.2) is 39.3 Å². The predicted octanol–water partition coefficient (Wildman–Crippen LogP) is 4.39. The maximum absolute atomic E-state index is 13.6. The summed E-state index contributed by atoms with van der Waals surface area (Å²) in [6.45, 7) is 3.41. The minimum Gasteiger partial charge on any atom is -0.337 e. The molecule has 0 aliphatic carbocycles. The number of carbonyl (C=O) groups is 1. The molecule has 148 valence electrons. The molecule has 2 aliphatic heterocycles. The number of hydrogen-bond donors (Lipinski definition) is 0. The quantitative estimate of drug-likeness (QED) is 0.668. The molecule has 5 rings (SSSR count). The van der Waals surface area contributed by atoms with Crippen molar-refractivity contribution in [2.24, 2.45) is 0 Å². The molecule has 1 spiro atoms. The van der Waals surface area contributed by atoms with Crippen LogP contribution >= 0.6 is 0 Å². The lowest BCUT2D eigenvalue weighted by Crippen LogP contribution is -2.59. The van der Waals surface area contributed by atoms with Gasteiger partial charge in [-0.25, -0.2) is 0 Å². The first-order valence-corrected chi connectivity index (χ1v) is 10.7. The van der Waals surface area contributed by atoms with E-state index in [1.807, 2.05) is 18.3 Å². The van der Waals surface area contributed by atoms with Crippen LogP contribution in [0.2, 0.25) is 0 Å². The number of carbonyl (C=O) groups excluding carboxylic acids is 1. The Hall–Kier alpha value is -2.72. The average molecular weight is 386 g/mol. The average Bonchev–Trinajstić information content (AvgIpc) is 3.15. The molecule has 2 fully saturated rings. The molecule has 29 heavy (non-hydrogen) atoms. The van der Waals surface area contributed by atoms with Crippen molar-refractivity contribution in [3.8, 4) is 0 Å². The van der Waals surface area contributed by atoms with E-state index < -0.39 is 0 Å².